The third-order valence-electron chi connectivity index (χ3n) is 6.23. The van der Waals surface area contributed by atoms with Gasteiger partial charge in [-0.3, -0.25) is 4.79 Å². The van der Waals surface area contributed by atoms with Crippen molar-refractivity contribution in [2.45, 2.75) is 52.0 Å². The Morgan fingerprint density at radius 3 is 2.68 bits per heavy atom. The van der Waals surface area contributed by atoms with Crippen LogP contribution in [-0.2, 0) is 9.59 Å². The zero-order valence-electron chi connectivity index (χ0n) is 18.1. The Kier molecular flexibility index (Phi) is 6.18. The molecule has 1 aliphatic carbocycles. The van der Waals surface area contributed by atoms with Gasteiger partial charge in [0.05, 0.1) is 7.11 Å². The van der Waals surface area contributed by atoms with Crippen molar-refractivity contribution in [3.05, 3.63) is 34.7 Å². The van der Waals surface area contributed by atoms with E-state index in [0.717, 1.165) is 36.2 Å². The highest BCUT2D eigenvalue weighted by Gasteiger charge is 2.53. The Bertz CT molecular complexity index is 994. The third-order valence-corrected chi connectivity index (χ3v) is 7.53. The summed E-state index contributed by atoms with van der Waals surface area (Å²) in [6.45, 7) is 3.76. The smallest absolute Gasteiger partial charge is 0.497 e. The molecule has 1 unspecified atom stereocenters. The van der Waals surface area contributed by atoms with Gasteiger partial charge in [-0.05, 0) is 49.3 Å². The van der Waals surface area contributed by atoms with Crippen molar-refractivity contribution in [1.82, 2.24) is 5.32 Å². The second-order valence-corrected chi connectivity index (χ2v) is 9.49. The summed E-state index contributed by atoms with van der Waals surface area (Å²) in [4.78, 5) is 41.9. The molecule has 0 bridgehead atoms. The number of anilines is 1. The van der Waals surface area contributed by atoms with Crippen molar-refractivity contribution in [2.75, 3.05) is 18.6 Å². The Hall–Kier alpha value is -2.61. The third kappa shape index (κ3) is 4.13. The minimum absolute atomic E-state index is 0.0948. The van der Waals surface area contributed by atoms with E-state index in [2.05, 4.69) is 5.32 Å². The van der Waals surface area contributed by atoms with E-state index in [1.807, 2.05) is 13.8 Å². The molecule has 0 radical (unpaired) electrons. The van der Waals surface area contributed by atoms with Gasteiger partial charge in [0.2, 0.25) is 0 Å². The quantitative estimate of drug-likeness (QED) is 0.704. The average Bonchev–Trinajstić information content (AvgIpc) is 3.06. The van der Waals surface area contributed by atoms with Crippen molar-refractivity contribution in [2.24, 2.45) is 5.92 Å². The zero-order valence-corrected chi connectivity index (χ0v) is 19.0. The van der Waals surface area contributed by atoms with Crippen molar-refractivity contribution in [3.63, 3.8) is 0 Å². The standard InChI is InChI=1S/C23H27N3O4S/c1-14-15(2)31-22-20(14)21(28)26(17-10-7-11-18(12-17)30-3)23(29)25(22)13-19(27)24-16-8-5-4-6-9-16/h7,10-12,16,20H,4-6,8-9,13H2,1-3H3/p+1. The Morgan fingerprint density at radius 2 is 1.97 bits per heavy atom. The first-order chi connectivity index (χ1) is 14.9. The van der Waals surface area contributed by atoms with Gasteiger partial charge >= 0.3 is 11.9 Å². The van der Waals surface area contributed by atoms with Crippen LogP contribution in [0.3, 0.4) is 0 Å². The van der Waals surface area contributed by atoms with Gasteiger partial charge in [0.25, 0.3) is 5.91 Å². The molecule has 4 amide bonds. The van der Waals surface area contributed by atoms with E-state index in [0.29, 0.717) is 16.5 Å². The largest absolute Gasteiger partial charge is 0.507 e. The van der Waals surface area contributed by atoms with Crippen LogP contribution in [0.5, 0.6) is 5.75 Å². The van der Waals surface area contributed by atoms with E-state index in [9.17, 15) is 14.4 Å². The molecule has 31 heavy (non-hydrogen) atoms. The predicted molar refractivity (Wildman–Crippen MR) is 120 cm³/mol. The topological polar surface area (TPSA) is 78.7 Å². The van der Waals surface area contributed by atoms with E-state index < -0.39 is 11.9 Å². The first kappa shape index (κ1) is 21.6. The number of fused-ring (bicyclic) bond motifs is 1. The molecule has 2 heterocycles. The molecule has 0 saturated heterocycles. The monoisotopic (exact) mass is 442 g/mol. The average molecular weight is 443 g/mol. The number of benzene rings is 1. The molecule has 1 atom stereocenters. The van der Waals surface area contributed by atoms with Gasteiger partial charge in [-0.25, -0.2) is 4.79 Å². The maximum Gasteiger partial charge on any atom is 0.507 e. The predicted octanol–water partition coefficient (Wildman–Crippen LogP) is 3.68. The zero-order chi connectivity index (χ0) is 22.1. The second kappa shape index (κ2) is 8.86. The molecule has 1 saturated carbocycles. The second-order valence-electron chi connectivity index (χ2n) is 8.26. The fourth-order valence-corrected chi connectivity index (χ4v) is 5.66. The van der Waals surface area contributed by atoms with Crippen LogP contribution in [0.15, 0.2) is 34.7 Å². The summed E-state index contributed by atoms with van der Waals surface area (Å²) in [5.74, 6) is -0.469. The fraction of sp³-hybridized carbons (Fsp3) is 0.478. The minimum Gasteiger partial charge on any atom is -0.497 e. The van der Waals surface area contributed by atoms with E-state index in [1.54, 1.807) is 24.3 Å². The van der Waals surface area contributed by atoms with Crippen LogP contribution in [-0.4, -0.2) is 47.2 Å². The Balaban J connectivity index is 1.66. The van der Waals surface area contributed by atoms with Crippen LogP contribution in [0, 0.1) is 5.92 Å². The summed E-state index contributed by atoms with van der Waals surface area (Å²) < 4.78 is 6.74. The molecule has 164 valence electrons. The van der Waals surface area contributed by atoms with Crippen molar-refractivity contribution < 1.29 is 23.7 Å². The SMILES string of the molecule is COc1cccc(N2C(=O)C3C(C)=C(C)SC3=[N+](CC(=O)NC3CCCCC3)C2=O)c1. The van der Waals surface area contributed by atoms with Gasteiger partial charge in [0.1, 0.15) is 11.4 Å². The lowest BCUT2D eigenvalue weighted by atomic mass is 9.95. The number of carbonyl (C=O) groups is 3. The molecular formula is C23H28N3O4S+. The van der Waals surface area contributed by atoms with Crippen LogP contribution >= 0.6 is 11.8 Å². The number of urea groups is 1. The number of hydrogen-bond donors (Lipinski definition) is 1. The fourth-order valence-electron chi connectivity index (χ4n) is 4.42. The maximum absolute atomic E-state index is 13.5. The van der Waals surface area contributed by atoms with Gasteiger partial charge in [-0.1, -0.05) is 37.1 Å². The summed E-state index contributed by atoms with van der Waals surface area (Å²) in [5.41, 5.74) is 1.36. The lowest BCUT2D eigenvalue weighted by molar-refractivity contribution is -0.414. The molecule has 1 aromatic carbocycles. The molecule has 0 aromatic heterocycles. The summed E-state index contributed by atoms with van der Waals surface area (Å²) in [7, 11) is 1.54. The summed E-state index contributed by atoms with van der Waals surface area (Å²) in [6.07, 6.45) is 5.38. The molecule has 3 aliphatic rings. The maximum atomic E-state index is 13.5. The number of nitrogens with zero attached hydrogens (tertiary/aromatic N) is 2. The number of imide groups is 1. The number of methoxy groups -OCH3 is 1. The van der Waals surface area contributed by atoms with Gasteiger partial charge in [-0.15, -0.1) is 4.90 Å². The van der Waals surface area contributed by atoms with E-state index in [4.69, 9.17) is 4.74 Å². The Labute approximate surface area is 186 Å². The molecule has 4 rings (SSSR count). The number of nitrogens with one attached hydrogen (secondary N) is 1. The van der Waals surface area contributed by atoms with E-state index >= 15 is 0 Å². The van der Waals surface area contributed by atoms with Crippen molar-refractivity contribution in [1.29, 1.82) is 0 Å². The highest BCUT2D eigenvalue weighted by molar-refractivity contribution is 8.17. The highest BCUT2D eigenvalue weighted by Crippen LogP contribution is 2.41. The highest BCUT2D eigenvalue weighted by atomic mass is 32.2. The van der Waals surface area contributed by atoms with Crippen molar-refractivity contribution >= 4 is 40.3 Å². The van der Waals surface area contributed by atoms with Crippen LogP contribution in [0.25, 0.3) is 0 Å². The first-order valence-corrected chi connectivity index (χ1v) is 11.5. The molecule has 1 aromatic rings. The van der Waals surface area contributed by atoms with Crippen LogP contribution in [0.1, 0.15) is 46.0 Å². The van der Waals surface area contributed by atoms with Crippen LogP contribution in [0.2, 0.25) is 0 Å². The number of amides is 4. The van der Waals surface area contributed by atoms with Crippen LogP contribution < -0.4 is 15.0 Å². The molecule has 1 N–H and O–H groups in total. The molecular weight excluding hydrogens is 414 g/mol. The summed E-state index contributed by atoms with van der Waals surface area (Å²) in [5, 5.41) is 3.71. The lowest BCUT2D eigenvalue weighted by Gasteiger charge is -2.26. The number of thioether (sulfide) groups is 1. The van der Waals surface area contributed by atoms with E-state index in [1.165, 1.54) is 34.8 Å². The molecule has 7 nitrogen and oxygen atoms in total. The number of carbonyl (C=O) groups excluding carboxylic acids is 3. The number of ether oxygens (including phenoxy) is 1. The lowest BCUT2D eigenvalue weighted by Crippen LogP contribution is -2.56. The van der Waals surface area contributed by atoms with Gasteiger partial charge in [-0.2, -0.15) is 9.37 Å². The van der Waals surface area contributed by atoms with Gasteiger partial charge < -0.3 is 10.1 Å². The van der Waals surface area contributed by atoms with Crippen LogP contribution in [0.4, 0.5) is 10.5 Å². The first-order valence-electron chi connectivity index (χ1n) is 10.7. The van der Waals surface area contributed by atoms with Gasteiger partial charge in [0, 0.05) is 12.1 Å². The van der Waals surface area contributed by atoms with Gasteiger partial charge in [0.15, 0.2) is 17.5 Å². The number of rotatable bonds is 5. The van der Waals surface area contributed by atoms with Crippen molar-refractivity contribution in [3.8, 4) is 5.75 Å². The Morgan fingerprint density at radius 1 is 1.23 bits per heavy atom. The molecule has 1 fully saturated rings. The normalized spacial score (nSPS) is 22.2. The van der Waals surface area contributed by atoms with E-state index in [-0.39, 0.29) is 24.4 Å². The molecule has 2 aliphatic heterocycles. The number of hydrogen-bond acceptors (Lipinski definition) is 5. The molecule has 8 heteroatoms. The summed E-state index contributed by atoms with van der Waals surface area (Å²) in [6, 6.07) is 6.53. The number of allylic oxidation sites excluding steroid dienone is 1. The summed E-state index contributed by atoms with van der Waals surface area (Å²) >= 11 is 1.42. The minimum atomic E-state index is -0.545. The molecule has 0 spiro atoms.